The second-order valence-corrected chi connectivity index (χ2v) is 6.62. The smallest absolute Gasteiger partial charge is 0.165 e. The van der Waals surface area contributed by atoms with Crippen LogP contribution in [0.3, 0.4) is 0 Å². The number of hydrogen-bond acceptors (Lipinski definition) is 4. The maximum absolute atomic E-state index is 13.3. The molecule has 1 aromatic rings. The van der Waals surface area contributed by atoms with Gasteiger partial charge in [0.2, 0.25) is 0 Å². The van der Waals surface area contributed by atoms with Gasteiger partial charge in [0.05, 0.1) is 5.71 Å². The molecule has 1 aliphatic rings. The minimum Gasteiger partial charge on any atom is -0.505 e. The van der Waals surface area contributed by atoms with Crippen LogP contribution in [0.5, 0.6) is 5.75 Å². The van der Waals surface area contributed by atoms with Gasteiger partial charge in [-0.25, -0.2) is 4.39 Å². The molecule has 114 valence electrons. The number of halogens is 1. The van der Waals surface area contributed by atoms with E-state index in [4.69, 9.17) is 4.84 Å². The number of phenols is 1. The Morgan fingerprint density at radius 1 is 1.48 bits per heavy atom. The number of rotatable bonds is 4. The van der Waals surface area contributed by atoms with E-state index >= 15 is 0 Å². The van der Waals surface area contributed by atoms with Gasteiger partial charge in [-0.15, -0.1) is 0 Å². The van der Waals surface area contributed by atoms with Crippen molar-refractivity contribution in [3.05, 3.63) is 29.6 Å². The quantitative estimate of drug-likeness (QED) is 0.925. The van der Waals surface area contributed by atoms with Crippen LogP contribution in [0.2, 0.25) is 0 Å². The summed E-state index contributed by atoms with van der Waals surface area (Å²) in [5.74, 6) is -0.946. The third kappa shape index (κ3) is 4.28. The second-order valence-electron chi connectivity index (χ2n) is 6.62. The van der Waals surface area contributed by atoms with Gasteiger partial charge in [-0.1, -0.05) is 25.9 Å². The van der Waals surface area contributed by atoms with Gasteiger partial charge in [0.25, 0.3) is 0 Å². The van der Waals surface area contributed by atoms with Gasteiger partial charge in [0.1, 0.15) is 11.9 Å². The van der Waals surface area contributed by atoms with Crippen LogP contribution < -0.4 is 0 Å². The van der Waals surface area contributed by atoms with Gasteiger partial charge in [0.15, 0.2) is 11.6 Å². The highest BCUT2D eigenvalue weighted by Crippen LogP contribution is 2.25. The zero-order chi connectivity index (χ0) is 15.6. The van der Waals surface area contributed by atoms with E-state index in [2.05, 4.69) is 5.16 Å². The summed E-state index contributed by atoms with van der Waals surface area (Å²) < 4.78 is 13.3. The van der Waals surface area contributed by atoms with Crippen molar-refractivity contribution in [2.24, 2.45) is 10.6 Å². The standard InChI is InChI=1S/C16H20FNO3/c1-16(2,3)9-11(19)7-12-8-14(18-21-12)10-4-5-15(20)13(17)6-10/h4-6,12,20H,7-9H2,1-3H3/t12-/m0/s1. The molecule has 5 heteroatoms. The predicted molar refractivity (Wildman–Crippen MR) is 77.8 cm³/mol. The largest absolute Gasteiger partial charge is 0.505 e. The predicted octanol–water partition coefficient (Wildman–Crippen LogP) is 3.42. The minimum absolute atomic E-state index is 0.0422. The Bertz CT molecular complexity index is 575. The average molecular weight is 293 g/mol. The molecule has 0 amide bonds. The normalized spacial score (nSPS) is 18.3. The fourth-order valence-electron chi connectivity index (χ4n) is 2.31. The molecular formula is C16H20FNO3. The van der Waals surface area contributed by atoms with Crippen LogP contribution in [0.4, 0.5) is 4.39 Å². The molecule has 1 heterocycles. The molecule has 0 unspecified atom stereocenters. The summed E-state index contributed by atoms with van der Waals surface area (Å²) in [4.78, 5) is 17.2. The maximum Gasteiger partial charge on any atom is 0.165 e. The van der Waals surface area contributed by atoms with E-state index in [1.54, 1.807) is 6.07 Å². The molecule has 0 spiro atoms. The van der Waals surface area contributed by atoms with Crippen molar-refractivity contribution in [1.82, 2.24) is 0 Å². The van der Waals surface area contributed by atoms with E-state index in [0.717, 1.165) is 0 Å². The molecule has 4 nitrogen and oxygen atoms in total. The molecule has 2 rings (SSSR count). The summed E-state index contributed by atoms with van der Waals surface area (Å²) in [5, 5.41) is 13.1. The van der Waals surface area contributed by atoms with Gasteiger partial charge in [-0.05, 0) is 23.6 Å². The molecule has 21 heavy (non-hydrogen) atoms. The van der Waals surface area contributed by atoms with Gasteiger partial charge < -0.3 is 9.94 Å². The first-order valence-corrected chi connectivity index (χ1v) is 6.98. The third-order valence-corrected chi connectivity index (χ3v) is 3.20. The Kier molecular flexibility index (Phi) is 4.30. The molecule has 1 atom stereocenters. The van der Waals surface area contributed by atoms with Crippen LogP contribution in [0, 0.1) is 11.2 Å². The second kappa shape index (κ2) is 5.84. The molecule has 1 aliphatic heterocycles. The lowest BCUT2D eigenvalue weighted by Gasteiger charge is -2.17. The van der Waals surface area contributed by atoms with Gasteiger partial charge in [-0.3, -0.25) is 4.79 Å². The molecule has 0 saturated carbocycles. The van der Waals surface area contributed by atoms with E-state index < -0.39 is 11.6 Å². The number of benzene rings is 1. The third-order valence-electron chi connectivity index (χ3n) is 3.20. The Labute approximate surface area is 123 Å². The molecule has 0 saturated heterocycles. The van der Waals surface area contributed by atoms with Crippen molar-refractivity contribution in [3.63, 3.8) is 0 Å². The summed E-state index contributed by atoms with van der Waals surface area (Å²) in [6.45, 7) is 6.05. The monoisotopic (exact) mass is 293 g/mol. The summed E-state index contributed by atoms with van der Waals surface area (Å²) >= 11 is 0. The Hall–Kier alpha value is -1.91. The number of carbonyl (C=O) groups excluding carboxylic acids is 1. The summed E-state index contributed by atoms with van der Waals surface area (Å²) in [5.41, 5.74) is 1.12. The first kappa shape index (κ1) is 15.5. The van der Waals surface area contributed by atoms with Crippen molar-refractivity contribution in [3.8, 4) is 5.75 Å². The highest BCUT2D eigenvalue weighted by atomic mass is 19.1. The van der Waals surface area contributed by atoms with Crippen LogP contribution in [-0.2, 0) is 9.63 Å². The van der Waals surface area contributed by atoms with Crippen LogP contribution in [-0.4, -0.2) is 22.7 Å². The Morgan fingerprint density at radius 3 is 2.81 bits per heavy atom. The lowest BCUT2D eigenvalue weighted by atomic mass is 9.88. The first-order valence-electron chi connectivity index (χ1n) is 6.98. The number of ketones is 1. The van der Waals surface area contributed by atoms with Crippen molar-refractivity contribution in [2.45, 2.75) is 46.1 Å². The van der Waals surface area contributed by atoms with Crippen molar-refractivity contribution < 1.29 is 19.1 Å². The number of nitrogens with zero attached hydrogens (tertiary/aromatic N) is 1. The van der Waals surface area contributed by atoms with E-state index in [1.165, 1.54) is 12.1 Å². The average Bonchev–Trinajstić information content (AvgIpc) is 2.78. The number of Topliss-reactive ketones (excluding diaryl/α,β-unsaturated/α-hetero) is 1. The number of aromatic hydroxyl groups is 1. The minimum atomic E-state index is -0.692. The van der Waals surface area contributed by atoms with Crippen LogP contribution in [0.25, 0.3) is 0 Å². The molecule has 0 radical (unpaired) electrons. The molecule has 0 fully saturated rings. The van der Waals surface area contributed by atoms with Crippen molar-refractivity contribution >= 4 is 11.5 Å². The summed E-state index contributed by atoms with van der Waals surface area (Å²) in [7, 11) is 0. The van der Waals surface area contributed by atoms with Crippen molar-refractivity contribution in [1.29, 1.82) is 0 Å². The van der Waals surface area contributed by atoms with Crippen LogP contribution >= 0.6 is 0 Å². The van der Waals surface area contributed by atoms with E-state index in [9.17, 15) is 14.3 Å². The molecule has 0 aliphatic carbocycles. The zero-order valence-electron chi connectivity index (χ0n) is 12.5. The van der Waals surface area contributed by atoms with Gasteiger partial charge in [0, 0.05) is 24.8 Å². The van der Waals surface area contributed by atoms with Crippen molar-refractivity contribution in [2.75, 3.05) is 0 Å². The van der Waals surface area contributed by atoms with Gasteiger partial charge in [-0.2, -0.15) is 0 Å². The van der Waals surface area contributed by atoms with E-state index in [1.807, 2.05) is 20.8 Å². The number of phenolic OH excluding ortho intramolecular Hbond substituents is 1. The summed E-state index contributed by atoms with van der Waals surface area (Å²) in [6, 6.07) is 4.09. The van der Waals surface area contributed by atoms with Gasteiger partial charge >= 0.3 is 0 Å². The fraction of sp³-hybridized carbons (Fsp3) is 0.500. The lowest BCUT2D eigenvalue weighted by Crippen LogP contribution is -2.19. The SMILES string of the molecule is CC(C)(C)CC(=O)C[C@H]1CC(c2ccc(O)c(F)c2)=NO1. The number of hydrogen-bond donors (Lipinski definition) is 1. The molecule has 0 bridgehead atoms. The zero-order valence-corrected chi connectivity index (χ0v) is 12.5. The molecule has 1 aromatic carbocycles. The maximum atomic E-state index is 13.3. The molecule has 0 aromatic heterocycles. The lowest BCUT2D eigenvalue weighted by molar-refractivity contribution is -0.123. The van der Waals surface area contributed by atoms with Crippen LogP contribution in [0.1, 0.15) is 45.6 Å². The van der Waals surface area contributed by atoms with Crippen LogP contribution in [0.15, 0.2) is 23.4 Å². The molecular weight excluding hydrogens is 273 g/mol. The van der Waals surface area contributed by atoms with E-state index in [-0.39, 0.29) is 17.3 Å². The number of carbonyl (C=O) groups is 1. The highest BCUT2D eigenvalue weighted by molar-refractivity contribution is 6.01. The highest BCUT2D eigenvalue weighted by Gasteiger charge is 2.26. The molecule has 1 N–H and O–H groups in total. The number of oxime groups is 1. The topological polar surface area (TPSA) is 58.9 Å². The Balaban J connectivity index is 1.94. The fourth-order valence-corrected chi connectivity index (χ4v) is 2.31. The first-order chi connectivity index (χ1) is 9.74. The van der Waals surface area contributed by atoms with E-state index in [0.29, 0.717) is 30.5 Å². The Morgan fingerprint density at radius 2 is 2.19 bits per heavy atom. The summed E-state index contributed by atoms with van der Waals surface area (Å²) in [6.07, 6.45) is 0.993.